The summed E-state index contributed by atoms with van der Waals surface area (Å²) in [6.45, 7) is -5.27. The maximum absolute atomic E-state index is 9.50. The van der Waals surface area contributed by atoms with Gasteiger partial charge in [0.1, 0.15) is 11.8 Å². The first kappa shape index (κ1) is 17.8. The molecular formula is C37H34IrN4O-2. The second-order valence-electron chi connectivity index (χ2n) is 10.4. The summed E-state index contributed by atoms with van der Waals surface area (Å²) in [6, 6.07) is 22.0. The van der Waals surface area contributed by atoms with Gasteiger partial charge in [0.2, 0.25) is 5.71 Å². The van der Waals surface area contributed by atoms with E-state index >= 15 is 0 Å². The first-order valence-corrected chi connectivity index (χ1v) is 12.8. The number of benzene rings is 2. The minimum atomic E-state index is -2.72. The predicted octanol–water partition coefficient (Wildman–Crippen LogP) is 9.08. The van der Waals surface area contributed by atoms with Crippen molar-refractivity contribution in [1.82, 2.24) is 15.0 Å². The van der Waals surface area contributed by atoms with E-state index in [0.717, 1.165) is 23.5 Å². The van der Waals surface area contributed by atoms with Crippen LogP contribution in [-0.4, -0.2) is 15.0 Å². The first-order valence-electron chi connectivity index (χ1n) is 19.8. The summed E-state index contributed by atoms with van der Waals surface area (Å²) in [7, 11) is 0. The summed E-state index contributed by atoms with van der Waals surface area (Å²) >= 11 is 0. The third-order valence-electron chi connectivity index (χ3n) is 6.06. The Hall–Kier alpha value is -4.17. The Bertz CT molecular complexity index is 2440. The number of fused-ring (bicyclic) bond motifs is 3. The van der Waals surface area contributed by atoms with Gasteiger partial charge in [0.15, 0.2) is 0 Å². The van der Waals surface area contributed by atoms with Crippen LogP contribution in [0.5, 0.6) is 0 Å². The van der Waals surface area contributed by atoms with Crippen molar-refractivity contribution in [3.63, 3.8) is 0 Å². The number of rotatable bonds is 3. The quantitative estimate of drug-likeness (QED) is 0.169. The van der Waals surface area contributed by atoms with Gasteiger partial charge in [0.05, 0.1) is 5.58 Å². The smallest absolute Gasteiger partial charge is 0.217 e. The Balaban J connectivity index is 0.000000353. The molecule has 2 aromatic carbocycles. The summed E-state index contributed by atoms with van der Waals surface area (Å²) in [4.78, 5) is 12.4. The molecule has 0 fully saturated rings. The molecule has 0 spiro atoms. The van der Waals surface area contributed by atoms with Gasteiger partial charge >= 0.3 is 0 Å². The van der Waals surface area contributed by atoms with E-state index in [1.54, 1.807) is 45.0 Å². The van der Waals surface area contributed by atoms with Crippen LogP contribution in [-0.2, 0) is 26.5 Å². The Kier molecular flexibility index (Phi) is 5.39. The Morgan fingerprint density at radius 2 is 1.77 bits per heavy atom. The molecule has 1 radical (unpaired) electrons. The Morgan fingerprint density at radius 1 is 0.953 bits per heavy atom. The SMILES string of the molecule is [2H]C([2H])([2H])c1ccc(-c2[c-]cccc2)nc1.[2H]C([2H])([2H])c1cnc(-c2[c-]cc(C([2H])([2H])[2H])c3c2oc2nc(C#N)c(C([2H])([2H])[2H])cc23)cc1C([2H])([2H])C(C)(C)C.[Ir]. The molecule has 0 unspecified atom stereocenters. The molecule has 4 heterocycles. The number of aryl methyl sites for hydroxylation is 4. The van der Waals surface area contributed by atoms with Crippen LogP contribution in [0.3, 0.4) is 0 Å². The zero-order chi connectivity index (χ0) is 41.8. The summed E-state index contributed by atoms with van der Waals surface area (Å²) in [5.74, 6) is 0. The molecule has 0 aliphatic carbocycles. The molecule has 0 saturated carbocycles. The zero-order valence-corrected chi connectivity index (χ0v) is 25.8. The number of nitriles is 1. The molecule has 4 aromatic heterocycles. The summed E-state index contributed by atoms with van der Waals surface area (Å²) in [5.41, 5.74) is -0.710. The van der Waals surface area contributed by atoms with Crippen LogP contribution < -0.4 is 0 Å². The minimum absolute atomic E-state index is 0. The number of hydrogen-bond donors (Lipinski definition) is 0. The van der Waals surface area contributed by atoms with Gasteiger partial charge < -0.3 is 14.4 Å². The first-order chi connectivity index (χ1) is 25.7. The van der Waals surface area contributed by atoms with Gasteiger partial charge in [-0.3, -0.25) is 0 Å². The van der Waals surface area contributed by atoms with Crippen LogP contribution in [0.4, 0.5) is 0 Å². The van der Waals surface area contributed by atoms with Crippen LogP contribution in [0.1, 0.15) is 73.5 Å². The third kappa shape index (κ3) is 7.08. The molecule has 0 atom stereocenters. The standard InChI is InChI=1S/C25H24N3O.C12H10N.Ir/c1-14-7-8-18(20-10-17(11-25(4,5)6)16(3)13-27-20)23-22(14)19-9-15(2)21(12-26)28-24(19)29-23;1-10-7-8-12(13-9-10)11-5-3-2-4-6-11;/h7,9-10,13H,11H2,1-6H3;2-5,7-9H,1H3;/q2*-1;/i1D3,2D3,3D3,11D2;1D3;. The van der Waals surface area contributed by atoms with E-state index < -0.39 is 44.9 Å². The van der Waals surface area contributed by atoms with E-state index in [1.807, 2.05) is 18.2 Å². The molecule has 6 heteroatoms. The number of aromatic nitrogens is 3. The zero-order valence-electron chi connectivity index (χ0n) is 37.4. The van der Waals surface area contributed by atoms with Crippen molar-refractivity contribution in [1.29, 1.82) is 5.26 Å². The molecule has 0 aliphatic heterocycles. The normalized spacial score (nSPS) is 17.3. The van der Waals surface area contributed by atoms with Crippen molar-refractivity contribution in [3.8, 4) is 28.6 Å². The number of furan rings is 1. The molecule has 0 bridgehead atoms. The molecule has 0 aliphatic rings. The van der Waals surface area contributed by atoms with E-state index in [2.05, 4.69) is 27.1 Å². The maximum Gasteiger partial charge on any atom is 0.217 e. The maximum atomic E-state index is 9.50. The van der Waals surface area contributed by atoms with Crippen molar-refractivity contribution in [3.05, 3.63) is 113 Å². The molecular weight excluding hydrogens is 709 g/mol. The minimum Gasteiger partial charge on any atom is -0.486 e. The second kappa shape index (κ2) is 13.0. The molecule has 0 saturated heterocycles. The molecule has 0 amide bonds. The van der Waals surface area contributed by atoms with E-state index in [9.17, 15) is 5.26 Å². The number of nitrogens with zero attached hydrogens (tertiary/aromatic N) is 4. The van der Waals surface area contributed by atoms with E-state index in [0.29, 0.717) is 0 Å². The van der Waals surface area contributed by atoms with Crippen molar-refractivity contribution in [2.75, 3.05) is 0 Å². The van der Waals surface area contributed by atoms with Gasteiger partial charge in [-0.25, -0.2) is 4.98 Å². The molecule has 5 nitrogen and oxygen atoms in total. The number of pyridine rings is 3. The van der Waals surface area contributed by atoms with Crippen molar-refractivity contribution in [2.45, 2.75) is 54.6 Å². The predicted molar refractivity (Wildman–Crippen MR) is 169 cm³/mol. The van der Waals surface area contributed by atoms with Gasteiger partial charge in [-0.2, -0.15) is 5.26 Å². The molecule has 6 rings (SSSR count). The van der Waals surface area contributed by atoms with Gasteiger partial charge in [0.25, 0.3) is 0 Å². The van der Waals surface area contributed by atoms with Crippen molar-refractivity contribution >= 4 is 22.1 Å². The largest absolute Gasteiger partial charge is 0.486 e. The molecule has 219 valence electrons. The Morgan fingerprint density at radius 3 is 2.42 bits per heavy atom. The Labute approximate surface area is 287 Å². The molecule has 0 N–H and O–H groups in total. The van der Waals surface area contributed by atoms with E-state index in [1.165, 1.54) is 18.3 Å². The number of hydrogen-bond acceptors (Lipinski definition) is 5. The third-order valence-corrected chi connectivity index (χ3v) is 6.06. The topological polar surface area (TPSA) is 75.6 Å². The van der Waals surface area contributed by atoms with Crippen molar-refractivity contribution < 1.29 is 43.7 Å². The molecule has 6 aromatic rings. The average Bonchev–Trinajstić information content (AvgIpc) is 3.47. The average molecular weight is 757 g/mol. The second-order valence-corrected chi connectivity index (χ2v) is 10.4. The fraction of sp³-hybridized carbons (Fsp3) is 0.243. The summed E-state index contributed by atoms with van der Waals surface area (Å²) < 4.78 is 117. The van der Waals surface area contributed by atoms with Crippen LogP contribution in [0.15, 0.2) is 71.4 Å². The van der Waals surface area contributed by atoms with Gasteiger partial charge in [-0.05, 0) is 66.5 Å². The van der Waals surface area contributed by atoms with Gasteiger partial charge in [-0.15, -0.1) is 53.6 Å². The van der Waals surface area contributed by atoms with Gasteiger partial charge in [-0.1, -0.05) is 62.3 Å². The van der Waals surface area contributed by atoms with Crippen LogP contribution in [0, 0.1) is 56.3 Å². The fourth-order valence-electron chi connectivity index (χ4n) is 4.23. The fourth-order valence-corrected chi connectivity index (χ4v) is 4.23. The summed E-state index contributed by atoms with van der Waals surface area (Å²) in [6.07, 6.45) is 0.321. The summed E-state index contributed by atoms with van der Waals surface area (Å²) in [5, 5.41) is 9.56. The monoisotopic (exact) mass is 757 g/mol. The van der Waals surface area contributed by atoms with Crippen LogP contribution in [0.2, 0.25) is 0 Å². The van der Waals surface area contributed by atoms with E-state index in [4.69, 9.17) is 23.6 Å². The van der Waals surface area contributed by atoms with Crippen LogP contribution >= 0.6 is 0 Å². The van der Waals surface area contributed by atoms with Crippen molar-refractivity contribution in [2.24, 2.45) is 5.41 Å². The van der Waals surface area contributed by atoms with E-state index in [-0.39, 0.29) is 81.2 Å². The van der Waals surface area contributed by atoms with Crippen LogP contribution in [0.25, 0.3) is 44.6 Å². The molecule has 43 heavy (non-hydrogen) atoms. The van der Waals surface area contributed by atoms with Gasteiger partial charge in [0, 0.05) is 57.1 Å².